The first-order chi connectivity index (χ1) is 17.7. The lowest BCUT2D eigenvalue weighted by atomic mass is 9.81. The zero-order valence-electron chi connectivity index (χ0n) is 21.3. The van der Waals surface area contributed by atoms with Crippen molar-refractivity contribution in [3.05, 3.63) is 70.8 Å². The number of carbonyl (C=O) groups excluding carboxylic acids is 1. The van der Waals surface area contributed by atoms with E-state index in [2.05, 4.69) is 34.2 Å². The van der Waals surface area contributed by atoms with E-state index in [0.29, 0.717) is 12.8 Å². The predicted octanol–water partition coefficient (Wildman–Crippen LogP) is 2.72. The van der Waals surface area contributed by atoms with Crippen LogP contribution in [0, 0.1) is 11.8 Å². The lowest BCUT2D eigenvalue weighted by Gasteiger charge is -2.40. The molecule has 1 amide bonds. The summed E-state index contributed by atoms with van der Waals surface area (Å²) in [4.78, 5) is 14.4. The molecule has 0 bridgehead atoms. The van der Waals surface area contributed by atoms with Gasteiger partial charge < -0.3 is 15.2 Å². The van der Waals surface area contributed by atoms with E-state index in [4.69, 9.17) is 9.94 Å². The van der Waals surface area contributed by atoms with Gasteiger partial charge in [0.25, 0.3) is 12.3 Å². The molecular weight excluding hydrogens is 480 g/mol. The van der Waals surface area contributed by atoms with Crippen LogP contribution in [0.3, 0.4) is 0 Å². The molecule has 1 aliphatic rings. The Hall–Kier alpha value is -2.87. The fourth-order valence-corrected chi connectivity index (χ4v) is 4.06. The summed E-state index contributed by atoms with van der Waals surface area (Å²) in [5.74, 6) is 5.22. The molecule has 7 nitrogen and oxygen atoms in total. The van der Waals surface area contributed by atoms with Crippen LogP contribution in [0.15, 0.2) is 48.5 Å². The highest BCUT2D eigenvalue weighted by Gasteiger charge is 2.54. The summed E-state index contributed by atoms with van der Waals surface area (Å²) in [6.45, 7) is 6.56. The summed E-state index contributed by atoms with van der Waals surface area (Å²) in [6, 6.07) is 16.0. The van der Waals surface area contributed by atoms with Crippen molar-refractivity contribution in [2.75, 3.05) is 32.8 Å². The largest absolute Gasteiger partial charge is 0.382 e. The Labute approximate surface area is 216 Å². The topological polar surface area (TPSA) is 94.1 Å². The number of hydroxylamine groups is 1. The Balaban J connectivity index is 1.50. The van der Waals surface area contributed by atoms with E-state index in [9.17, 15) is 18.7 Å². The predicted molar refractivity (Wildman–Crippen MR) is 136 cm³/mol. The first-order valence-electron chi connectivity index (χ1n) is 12.4. The number of amides is 1. The monoisotopic (exact) mass is 515 g/mol. The van der Waals surface area contributed by atoms with Gasteiger partial charge in [-0.2, -0.15) is 0 Å². The molecule has 2 aromatic rings. The molecule has 9 heteroatoms. The molecular formula is C28H35F2N3O4. The highest BCUT2D eigenvalue weighted by molar-refractivity contribution is 5.86. The molecule has 37 heavy (non-hydrogen) atoms. The smallest absolute Gasteiger partial charge is 0.268 e. The average Bonchev–Trinajstić information content (AvgIpc) is 2.91. The van der Waals surface area contributed by atoms with Crippen LogP contribution in [0.2, 0.25) is 0 Å². The van der Waals surface area contributed by atoms with E-state index in [1.165, 1.54) is 11.0 Å². The van der Waals surface area contributed by atoms with Crippen LogP contribution in [0.4, 0.5) is 8.78 Å². The number of aryl methyl sites for hydroxylation is 1. The van der Waals surface area contributed by atoms with Crippen LogP contribution in [0.5, 0.6) is 0 Å². The van der Waals surface area contributed by atoms with Crippen molar-refractivity contribution in [3.8, 4) is 11.8 Å². The molecule has 3 rings (SSSR count). The van der Waals surface area contributed by atoms with Gasteiger partial charge in [-0.15, -0.1) is 0 Å². The minimum Gasteiger partial charge on any atom is -0.382 e. The second kappa shape index (κ2) is 13.1. The van der Waals surface area contributed by atoms with Gasteiger partial charge in [-0.3, -0.25) is 14.9 Å². The van der Waals surface area contributed by atoms with Crippen LogP contribution >= 0.6 is 0 Å². The lowest BCUT2D eigenvalue weighted by molar-refractivity contribution is -0.167. The van der Waals surface area contributed by atoms with Crippen molar-refractivity contribution < 1.29 is 28.6 Å². The van der Waals surface area contributed by atoms with Gasteiger partial charge in [-0.05, 0) is 68.6 Å². The van der Waals surface area contributed by atoms with Crippen LogP contribution in [0.25, 0.3) is 0 Å². The fourth-order valence-electron chi connectivity index (χ4n) is 4.06. The molecule has 0 radical (unpaired) electrons. The Kier molecular flexibility index (Phi) is 10.1. The molecule has 1 heterocycles. The van der Waals surface area contributed by atoms with Gasteiger partial charge in [-0.25, -0.2) is 14.3 Å². The van der Waals surface area contributed by atoms with Gasteiger partial charge in [0.05, 0.1) is 13.2 Å². The maximum atomic E-state index is 13.3. The van der Waals surface area contributed by atoms with Gasteiger partial charge >= 0.3 is 0 Å². The first-order valence-corrected chi connectivity index (χ1v) is 12.4. The quantitative estimate of drug-likeness (QED) is 0.168. The van der Waals surface area contributed by atoms with Crippen molar-refractivity contribution >= 4 is 5.91 Å². The number of nitrogens with one attached hydrogen (secondary N) is 2. The van der Waals surface area contributed by atoms with Gasteiger partial charge in [0.15, 0.2) is 0 Å². The molecule has 2 aromatic carbocycles. The number of aliphatic hydroxyl groups is 1. The zero-order valence-corrected chi connectivity index (χ0v) is 21.3. The third-order valence-electron chi connectivity index (χ3n) is 6.88. The van der Waals surface area contributed by atoms with Crippen LogP contribution in [-0.2, 0) is 22.5 Å². The minimum atomic E-state index is -3.19. The minimum absolute atomic E-state index is 0.176. The number of nitrogens with zero attached hydrogens (tertiary/aromatic N) is 1. The van der Waals surface area contributed by atoms with Crippen LogP contribution in [-0.4, -0.2) is 71.5 Å². The van der Waals surface area contributed by atoms with Gasteiger partial charge in [0.1, 0.15) is 11.1 Å². The van der Waals surface area contributed by atoms with E-state index in [1.807, 2.05) is 36.4 Å². The van der Waals surface area contributed by atoms with Crippen molar-refractivity contribution in [1.82, 2.24) is 15.7 Å². The maximum Gasteiger partial charge on any atom is 0.268 e. The van der Waals surface area contributed by atoms with Gasteiger partial charge in [0.2, 0.25) is 0 Å². The average molecular weight is 516 g/mol. The number of halogens is 2. The highest BCUT2D eigenvalue weighted by Crippen LogP contribution is 2.29. The van der Waals surface area contributed by atoms with E-state index in [0.717, 1.165) is 63.4 Å². The molecule has 0 aromatic heterocycles. The summed E-state index contributed by atoms with van der Waals surface area (Å²) in [5, 5.41) is 21.8. The second-order valence-electron chi connectivity index (χ2n) is 9.58. The van der Waals surface area contributed by atoms with Crippen molar-refractivity contribution in [2.24, 2.45) is 0 Å². The molecule has 0 saturated carbocycles. The third-order valence-corrected chi connectivity index (χ3v) is 6.88. The van der Waals surface area contributed by atoms with Gasteiger partial charge in [-0.1, -0.05) is 36.1 Å². The summed E-state index contributed by atoms with van der Waals surface area (Å²) in [6.07, 6.45) is -2.04. The number of morpholine rings is 1. The second-order valence-corrected chi connectivity index (χ2v) is 9.58. The van der Waals surface area contributed by atoms with E-state index < -0.39 is 23.5 Å². The number of benzene rings is 2. The maximum absolute atomic E-state index is 13.3. The highest BCUT2D eigenvalue weighted by atomic mass is 19.3. The van der Waals surface area contributed by atoms with Crippen LogP contribution < -0.4 is 10.8 Å². The van der Waals surface area contributed by atoms with Crippen molar-refractivity contribution in [3.63, 3.8) is 0 Å². The summed E-state index contributed by atoms with van der Waals surface area (Å²) in [5.41, 5.74) is 0.698. The number of carbonyl (C=O) groups is 1. The van der Waals surface area contributed by atoms with E-state index >= 15 is 0 Å². The van der Waals surface area contributed by atoms with Crippen molar-refractivity contribution in [2.45, 2.75) is 50.8 Å². The molecule has 200 valence electrons. The Morgan fingerprint density at radius 3 is 2.08 bits per heavy atom. The van der Waals surface area contributed by atoms with E-state index in [1.54, 1.807) is 0 Å². The molecule has 4 N–H and O–H groups in total. The summed E-state index contributed by atoms with van der Waals surface area (Å²) < 4.78 is 32.0. The standard InChI is InChI=1S/C28H35F2N3O4/c1-27(26(34)32-36,28(2,35)25(29)30)31-15-3-4-21-5-7-22(8-6-21)9-10-23-11-13-24(14-12-23)20-33-16-18-37-19-17-33/h5-8,11-14,25,31,35-36H,3-4,15-20H2,1-2H3,(H,32,34)/t27?,28-/m1/s1. The molecule has 1 fully saturated rings. The number of hydrogen-bond acceptors (Lipinski definition) is 6. The number of hydrogen-bond donors (Lipinski definition) is 4. The fraction of sp³-hybridized carbons (Fsp3) is 0.464. The number of alkyl halides is 2. The lowest BCUT2D eigenvalue weighted by Crippen LogP contribution is -2.70. The van der Waals surface area contributed by atoms with Crippen molar-refractivity contribution in [1.29, 1.82) is 0 Å². The number of rotatable bonds is 10. The summed E-state index contributed by atoms with van der Waals surface area (Å²) in [7, 11) is 0. The molecule has 0 aliphatic carbocycles. The number of ether oxygens (including phenoxy) is 1. The first kappa shape index (κ1) is 28.7. The normalized spacial score (nSPS) is 17.4. The Bertz CT molecular complexity index is 1080. The molecule has 2 atom stereocenters. The molecule has 1 saturated heterocycles. The third kappa shape index (κ3) is 7.57. The molecule has 0 spiro atoms. The Morgan fingerprint density at radius 2 is 1.57 bits per heavy atom. The summed E-state index contributed by atoms with van der Waals surface area (Å²) >= 11 is 0. The van der Waals surface area contributed by atoms with E-state index in [-0.39, 0.29) is 6.54 Å². The molecule has 1 unspecified atom stereocenters. The van der Waals surface area contributed by atoms with Crippen LogP contribution in [0.1, 0.15) is 42.5 Å². The molecule has 1 aliphatic heterocycles. The Morgan fingerprint density at radius 1 is 1.03 bits per heavy atom. The van der Waals surface area contributed by atoms with Gasteiger partial charge in [0, 0.05) is 30.8 Å². The SMILES string of the molecule is CC(NCCCc1ccc(C#Cc2ccc(CN3CCOCC3)cc2)cc1)(C(=O)NO)[C@](C)(O)C(F)F. The zero-order chi connectivity index (χ0) is 26.9.